The Balaban J connectivity index is 2.22. The number of H-pyrrole nitrogens is 1. The van der Waals surface area contributed by atoms with Crippen molar-refractivity contribution in [3.8, 4) is 5.40 Å². The second-order valence-corrected chi connectivity index (χ2v) is 3.93. The van der Waals surface area contributed by atoms with Gasteiger partial charge in [-0.05, 0) is 29.8 Å². The Labute approximate surface area is 86.9 Å². The van der Waals surface area contributed by atoms with Gasteiger partial charge in [0.05, 0.1) is 0 Å². The van der Waals surface area contributed by atoms with Gasteiger partial charge in [0.2, 0.25) is 0 Å². The summed E-state index contributed by atoms with van der Waals surface area (Å²) in [7, 11) is 0. The molecule has 0 aliphatic heterocycles. The van der Waals surface area contributed by atoms with Crippen molar-refractivity contribution in [2.24, 2.45) is 0 Å². The summed E-state index contributed by atoms with van der Waals surface area (Å²) < 4.78 is 0. The Kier molecular flexibility index (Phi) is 2.76. The van der Waals surface area contributed by atoms with Crippen LogP contribution in [-0.2, 0) is 6.42 Å². The first-order valence-electron chi connectivity index (χ1n) is 4.47. The van der Waals surface area contributed by atoms with Gasteiger partial charge >= 0.3 is 0 Å². The predicted octanol–water partition coefficient (Wildman–Crippen LogP) is 2.92. The highest BCUT2D eigenvalue weighted by Gasteiger charge is 2.01. The van der Waals surface area contributed by atoms with Crippen molar-refractivity contribution in [2.45, 2.75) is 6.42 Å². The summed E-state index contributed by atoms with van der Waals surface area (Å²) in [5.41, 5.74) is 2.47. The minimum atomic E-state index is 0.859. The van der Waals surface area contributed by atoms with E-state index in [1.807, 2.05) is 18.3 Å². The topological polar surface area (TPSA) is 39.6 Å². The van der Waals surface area contributed by atoms with E-state index in [2.05, 4.69) is 22.5 Å². The Morgan fingerprint density at radius 3 is 3.07 bits per heavy atom. The van der Waals surface area contributed by atoms with Crippen LogP contribution in [0.2, 0.25) is 0 Å². The zero-order chi connectivity index (χ0) is 9.80. The van der Waals surface area contributed by atoms with Crippen molar-refractivity contribution in [3.63, 3.8) is 0 Å². The molecule has 0 fully saturated rings. The SMILES string of the molecule is N#CSCCc1c[nH]c2ccccc12. The summed E-state index contributed by atoms with van der Waals surface area (Å²) in [6.45, 7) is 0. The number of thioether (sulfide) groups is 1. The first kappa shape index (κ1) is 9.17. The average Bonchev–Trinajstić information content (AvgIpc) is 2.63. The smallest absolute Gasteiger partial charge is 0.133 e. The molecule has 14 heavy (non-hydrogen) atoms. The fraction of sp³-hybridized carbons (Fsp3) is 0.182. The quantitative estimate of drug-likeness (QED) is 0.614. The summed E-state index contributed by atoms with van der Waals surface area (Å²) in [4.78, 5) is 3.22. The molecule has 0 spiro atoms. The molecule has 70 valence electrons. The maximum absolute atomic E-state index is 8.41. The standard InChI is InChI=1S/C11H10N2S/c12-8-14-6-5-9-7-13-11-4-2-1-3-10(9)11/h1-4,7,13H,5-6H2. The van der Waals surface area contributed by atoms with Gasteiger partial charge in [-0.3, -0.25) is 0 Å². The molecule has 0 radical (unpaired) electrons. The molecule has 0 saturated heterocycles. The van der Waals surface area contributed by atoms with Gasteiger partial charge in [-0.15, -0.1) is 0 Å². The summed E-state index contributed by atoms with van der Waals surface area (Å²) in [6, 6.07) is 8.23. The maximum Gasteiger partial charge on any atom is 0.133 e. The van der Waals surface area contributed by atoms with Crippen LogP contribution < -0.4 is 0 Å². The van der Waals surface area contributed by atoms with Gasteiger partial charge in [0, 0.05) is 22.9 Å². The van der Waals surface area contributed by atoms with E-state index in [4.69, 9.17) is 5.26 Å². The van der Waals surface area contributed by atoms with E-state index in [0.29, 0.717) is 0 Å². The number of hydrogen-bond donors (Lipinski definition) is 1. The summed E-state index contributed by atoms with van der Waals surface area (Å²) >= 11 is 1.31. The lowest BCUT2D eigenvalue weighted by atomic mass is 10.1. The van der Waals surface area contributed by atoms with E-state index < -0.39 is 0 Å². The molecule has 1 N–H and O–H groups in total. The molecule has 0 saturated carbocycles. The second-order valence-electron chi connectivity index (χ2n) is 3.05. The molecule has 1 aromatic heterocycles. The molecule has 0 unspecified atom stereocenters. The van der Waals surface area contributed by atoms with Crippen molar-refractivity contribution >= 4 is 22.7 Å². The fourth-order valence-corrected chi connectivity index (χ4v) is 1.96. The third-order valence-corrected chi connectivity index (χ3v) is 2.75. The van der Waals surface area contributed by atoms with Crippen molar-refractivity contribution in [3.05, 3.63) is 36.0 Å². The van der Waals surface area contributed by atoms with Crippen LogP contribution in [-0.4, -0.2) is 10.7 Å². The van der Waals surface area contributed by atoms with Crippen LogP contribution in [0.15, 0.2) is 30.5 Å². The van der Waals surface area contributed by atoms with Gasteiger partial charge in [-0.1, -0.05) is 18.2 Å². The van der Waals surface area contributed by atoms with Gasteiger partial charge < -0.3 is 4.98 Å². The zero-order valence-corrected chi connectivity index (χ0v) is 8.47. The summed E-state index contributed by atoms with van der Waals surface area (Å²) in [5.74, 6) is 0.859. The monoisotopic (exact) mass is 202 g/mol. The number of aromatic nitrogens is 1. The number of para-hydroxylation sites is 1. The molecule has 0 bridgehead atoms. The minimum Gasteiger partial charge on any atom is -0.361 e. The van der Waals surface area contributed by atoms with Gasteiger partial charge in [0.1, 0.15) is 5.40 Å². The van der Waals surface area contributed by atoms with Crippen molar-refractivity contribution in [2.75, 3.05) is 5.75 Å². The molecule has 0 atom stereocenters. The van der Waals surface area contributed by atoms with Gasteiger partial charge in [0.25, 0.3) is 0 Å². The lowest BCUT2D eigenvalue weighted by Gasteiger charge is -1.94. The normalized spacial score (nSPS) is 10.2. The number of hydrogen-bond acceptors (Lipinski definition) is 2. The highest BCUT2D eigenvalue weighted by molar-refractivity contribution is 8.03. The summed E-state index contributed by atoms with van der Waals surface area (Å²) in [5, 5.41) is 11.8. The lowest BCUT2D eigenvalue weighted by molar-refractivity contribution is 1.18. The van der Waals surface area contributed by atoms with E-state index in [1.54, 1.807) is 0 Å². The molecule has 0 aliphatic carbocycles. The molecule has 2 nitrogen and oxygen atoms in total. The number of nitriles is 1. The number of thiocyanates is 1. The van der Waals surface area contributed by atoms with E-state index in [0.717, 1.165) is 12.2 Å². The lowest BCUT2D eigenvalue weighted by Crippen LogP contribution is -1.84. The molecular weight excluding hydrogens is 192 g/mol. The van der Waals surface area contributed by atoms with Crippen molar-refractivity contribution in [1.82, 2.24) is 4.98 Å². The van der Waals surface area contributed by atoms with Crippen LogP contribution in [0.1, 0.15) is 5.56 Å². The van der Waals surface area contributed by atoms with Crippen molar-refractivity contribution in [1.29, 1.82) is 5.26 Å². The molecule has 0 amide bonds. The number of aryl methyl sites for hydroxylation is 1. The Morgan fingerprint density at radius 1 is 1.36 bits per heavy atom. The Morgan fingerprint density at radius 2 is 2.21 bits per heavy atom. The zero-order valence-electron chi connectivity index (χ0n) is 7.66. The number of nitrogens with one attached hydrogen (secondary N) is 1. The number of rotatable bonds is 3. The van der Waals surface area contributed by atoms with Crippen LogP contribution >= 0.6 is 11.8 Å². The minimum absolute atomic E-state index is 0.859. The Hall–Kier alpha value is -1.40. The van der Waals surface area contributed by atoms with Crippen LogP contribution in [0.4, 0.5) is 0 Å². The van der Waals surface area contributed by atoms with E-state index >= 15 is 0 Å². The first-order valence-corrected chi connectivity index (χ1v) is 5.46. The van der Waals surface area contributed by atoms with E-state index in [-0.39, 0.29) is 0 Å². The largest absolute Gasteiger partial charge is 0.361 e. The number of aromatic amines is 1. The molecule has 0 aliphatic rings. The van der Waals surface area contributed by atoms with Crippen LogP contribution in [0.25, 0.3) is 10.9 Å². The highest BCUT2D eigenvalue weighted by Crippen LogP contribution is 2.18. The number of fused-ring (bicyclic) bond motifs is 1. The van der Waals surface area contributed by atoms with Crippen LogP contribution in [0.5, 0.6) is 0 Å². The summed E-state index contributed by atoms with van der Waals surface area (Å²) in [6.07, 6.45) is 2.98. The van der Waals surface area contributed by atoms with Crippen LogP contribution in [0.3, 0.4) is 0 Å². The van der Waals surface area contributed by atoms with Gasteiger partial charge in [-0.2, -0.15) is 5.26 Å². The van der Waals surface area contributed by atoms with Gasteiger partial charge in [-0.25, -0.2) is 0 Å². The van der Waals surface area contributed by atoms with E-state index in [1.165, 1.54) is 28.2 Å². The van der Waals surface area contributed by atoms with Crippen molar-refractivity contribution < 1.29 is 0 Å². The number of benzene rings is 1. The maximum atomic E-state index is 8.41. The first-order chi connectivity index (χ1) is 6.92. The molecule has 2 rings (SSSR count). The molecule has 1 heterocycles. The Bertz CT molecular complexity index is 467. The van der Waals surface area contributed by atoms with Crippen LogP contribution in [0, 0.1) is 10.7 Å². The second kappa shape index (κ2) is 4.21. The molecule has 1 aromatic carbocycles. The molecule has 2 aromatic rings. The van der Waals surface area contributed by atoms with Gasteiger partial charge in [0.15, 0.2) is 0 Å². The molecule has 3 heteroatoms. The highest BCUT2D eigenvalue weighted by atomic mass is 32.2. The third-order valence-electron chi connectivity index (χ3n) is 2.21. The third kappa shape index (κ3) is 1.75. The molecular formula is C11H10N2S. The fourth-order valence-electron chi connectivity index (χ4n) is 1.55. The predicted molar refractivity (Wildman–Crippen MR) is 60.1 cm³/mol. The average molecular weight is 202 g/mol. The van der Waals surface area contributed by atoms with E-state index in [9.17, 15) is 0 Å². The number of nitrogens with zero attached hydrogens (tertiary/aromatic N) is 1.